The molecule has 2 aromatic carbocycles. The number of hydrogen-bond acceptors (Lipinski definition) is 5. The molecule has 1 amide bonds. The van der Waals surface area contributed by atoms with Gasteiger partial charge in [0.1, 0.15) is 17.1 Å². The molecule has 182 valence electrons. The minimum absolute atomic E-state index is 0.117. The van der Waals surface area contributed by atoms with Crippen molar-refractivity contribution in [1.29, 1.82) is 0 Å². The van der Waals surface area contributed by atoms with Gasteiger partial charge in [0.2, 0.25) is 0 Å². The fourth-order valence-electron chi connectivity index (χ4n) is 3.23. The Kier molecular flexibility index (Phi) is 8.37. The standard InChI is InChI=1S/C24H30F3NO5/c1-22(2,3)33-21(31)28-23(4,15-18(30)13-14-29)16-5-9-19(10-6-16)32-20-11-7-17(8-12-20)24(25,26)27/h5-12,18,29-30H,13-15H2,1-4H3,(H,28,31). The van der Waals surface area contributed by atoms with E-state index < -0.39 is 35.1 Å². The summed E-state index contributed by atoms with van der Waals surface area (Å²) in [7, 11) is 0. The summed E-state index contributed by atoms with van der Waals surface area (Å²) in [5, 5.41) is 22.2. The van der Waals surface area contributed by atoms with E-state index >= 15 is 0 Å². The minimum Gasteiger partial charge on any atom is -0.457 e. The third-order valence-electron chi connectivity index (χ3n) is 4.79. The van der Waals surface area contributed by atoms with Gasteiger partial charge in [0.15, 0.2) is 0 Å². The number of hydrogen-bond donors (Lipinski definition) is 3. The lowest BCUT2D eigenvalue weighted by atomic mass is 9.85. The van der Waals surface area contributed by atoms with Crippen LogP contribution in [0.4, 0.5) is 18.0 Å². The molecule has 0 aromatic heterocycles. The lowest BCUT2D eigenvalue weighted by Gasteiger charge is -2.34. The zero-order valence-corrected chi connectivity index (χ0v) is 19.1. The van der Waals surface area contributed by atoms with E-state index in [0.717, 1.165) is 12.1 Å². The summed E-state index contributed by atoms with van der Waals surface area (Å²) >= 11 is 0. The quantitative estimate of drug-likeness (QED) is 0.484. The summed E-state index contributed by atoms with van der Waals surface area (Å²) in [6, 6.07) is 10.9. The van der Waals surface area contributed by atoms with Crippen LogP contribution < -0.4 is 10.1 Å². The summed E-state index contributed by atoms with van der Waals surface area (Å²) in [6.07, 6.45) is -5.71. The Morgan fingerprint density at radius 3 is 1.85 bits per heavy atom. The monoisotopic (exact) mass is 469 g/mol. The number of aliphatic hydroxyl groups is 2. The zero-order valence-electron chi connectivity index (χ0n) is 19.1. The summed E-state index contributed by atoms with van der Waals surface area (Å²) in [4.78, 5) is 12.4. The van der Waals surface area contributed by atoms with E-state index in [1.54, 1.807) is 52.0 Å². The molecule has 0 aliphatic rings. The van der Waals surface area contributed by atoms with Gasteiger partial charge in [-0.2, -0.15) is 13.2 Å². The second-order valence-electron chi connectivity index (χ2n) is 8.98. The topological polar surface area (TPSA) is 88.0 Å². The molecule has 6 nitrogen and oxygen atoms in total. The van der Waals surface area contributed by atoms with Gasteiger partial charge < -0.3 is 25.0 Å². The van der Waals surface area contributed by atoms with Crippen LogP contribution in [0.1, 0.15) is 51.7 Å². The molecule has 2 atom stereocenters. The van der Waals surface area contributed by atoms with Gasteiger partial charge >= 0.3 is 12.3 Å². The van der Waals surface area contributed by atoms with Gasteiger partial charge in [-0.1, -0.05) is 12.1 Å². The number of benzene rings is 2. The predicted molar refractivity (Wildman–Crippen MR) is 117 cm³/mol. The average molecular weight is 470 g/mol. The number of rotatable bonds is 8. The van der Waals surface area contributed by atoms with Crippen LogP contribution in [0.5, 0.6) is 11.5 Å². The molecule has 33 heavy (non-hydrogen) atoms. The second kappa shape index (κ2) is 10.4. The van der Waals surface area contributed by atoms with Crippen LogP contribution in [0.25, 0.3) is 0 Å². The van der Waals surface area contributed by atoms with E-state index in [4.69, 9.17) is 14.6 Å². The molecule has 2 unspecified atom stereocenters. The van der Waals surface area contributed by atoms with Gasteiger partial charge in [-0.15, -0.1) is 0 Å². The molecule has 2 aromatic rings. The van der Waals surface area contributed by atoms with E-state index in [1.165, 1.54) is 12.1 Å². The maximum Gasteiger partial charge on any atom is 0.416 e. The Labute approximate surface area is 191 Å². The molecule has 0 heterocycles. The third kappa shape index (κ3) is 8.25. The molecule has 0 bridgehead atoms. The first-order valence-electron chi connectivity index (χ1n) is 10.5. The smallest absolute Gasteiger partial charge is 0.416 e. The van der Waals surface area contributed by atoms with Gasteiger partial charge in [0.05, 0.1) is 17.2 Å². The van der Waals surface area contributed by atoms with Crippen molar-refractivity contribution in [1.82, 2.24) is 5.32 Å². The molecule has 0 saturated heterocycles. The first-order chi connectivity index (χ1) is 15.2. The van der Waals surface area contributed by atoms with Crippen molar-refractivity contribution in [3.05, 3.63) is 59.7 Å². The number of amides is 1. The fourth-order valence-corrected chi connectivity index (χ4v) is 3.23. The van der Waals surface area contributed by atoms with Crippen molar-refractivity contribution in [2.75, 3.05) is 6.61 Å². The largest absolute Gasteiger partial charge is 0.457 e. The van der Waals surface area contributed by atoms with Crippen molar-refractivity contribution >= 4 is 6.09 Å². The van der Waals surface area contributed by atoms with Crippen LogP contribution in [-0.4, -0.2) is 34.6 Å². The van der Waals surface area contributed by atoms with E-state index in [-0.39, 0.29) is 25.2 Å². The number of alkyl carbamates (subject to hydrolysis) is 1. The molecular formula is C24H30F3NO5. The van der Waals surface area contributed by atoms with Gasteiger partial charge in [-0.3, -0.25) is 0 Å². The fraction of sp³-hybridized carbons (Fsp3) is 0.458. The lowest BCUT2D eigenvalue weighted by molar-refractivity contribution is -0.137. The van der Waals surface area contributed by atoms with Gasteiger partial charge in [-0.25, -0.2) is 4.79 Å². The minimum atomic E-state index is -4.42. The van der Waals surface area contributed by atoms with Crippen LogP contribution in [0.2, 0.25) is 0 Å². The Balaban J connectivity index is 2.21. The van der Waals surface area contributed by atoms with E-state index in [1.807, 2.05) is 0 Å². The highest BCUT2D eigenvalue weighted by molar-refractivity contribution is 5.69. The van der Waals surface area contributed by atoms with Crippen molar-refractivity contribution in [3.8, 4) is 11.5 Å². The molecule has 0 spiro atoms. The summed E-state index contributed by atoms with van der Waals surface area (Å²) in [5.74, 6) is 0.623. The lowest BCUT2D eigenvalue weighted by Crippen LogP contribution is -2.47. The number of alkyl halides is 3. The molecule has 0 aliphatic carbocycles. The number of nitrogens with one attached hydrogen (secondary N) is 1. The van der Waals surface area contributed by atoms with Gasteiger partial charge in [0, 0.05) is 13.0 Å². The Morgan fingerprint density at radius 2 is 1.42 bits per heavy atom. The number of aliphatic hydroxyl groups excluding tert-OH is 2. The molecule has 9 heteroatoms. The van der Waals surface area contributed by atoms with Crippen molar-refractivity contribution in [3.63, 3.8) is 0 Å². The van der Waals surface area contributed by atoms with Crippen LogP contribution in [-0.2, 0) is 16.5 Å². The van der Waals surface area contributed by atoms with Crippen LogP contribution in [0.3, 0.4) is 0 Å². The summed E-state index contributed by atoms with van der Waals surface area (Å²) < 4.78 is 49.1. The van der Waals surface area contributed by atoms with Crippen LogP contribution >= 0.6 is 0 Å². The maximum atomic E-state index is 12.7. The number of carbonyl (C=O) groups excluding carboxylic acids is 1. The van der Waals surface area contributed by atoms with Crippen LogP contribution in [0, 0.1) is 0 Å². The summed E-state index contributed by atoms with van der Waals surface area (Å²) in [6.45, 7) is 6.72. The number of ether oxygens (including phenoxy) is 2. The normalized spacial score (nSPS) is 14.8. The Morgan fingerprint density at radius 1 is 0.939 bits per heavy atom. The number of carbonyl (C=O) groups is 1. The molecule has 0 fully saturated rings. The van der Waals surface area contributed by atoms with Gasteiger partial charge in [-0.05, 0) is 76.1 Å². The highest BCUT2D eigenvalue weighted by Crippen LogP contribution is 2.33. The predicted octanol–water partition coefficient (Wildman–Crippen LogP) is 5.37. The maximum absolute atomic E-state index is 12.7. The molecule has 0 aliphatic heterocycles. The van der Waals surface area contributed by atoms with Crippen LogP contribution in [0.15, 0.2) is 48.5 Å². The highest BCUT2D eigenvalue weighted by atomic mass is 19.4. The first kappa shape index (κ1) is 26.5. The molecular weight excluding hydrogens is 439 g/mol. The third-order valence-corrected chi connectivity index (χ3v) is 4.79. The molecule has 2 rings (SSSR count). The highest BCUT2D eigenvalue weighted by Gasteiger charge is 2.33. The Hall–Kier alpha value is -2.78. The first-order valence-corrected chi connectivity index (χ1v) is 10.5. The number of halogens is 3. The molecule has 3 N–H and O–H groups in total. The zero-order chi connectivity index (χ0) is 24.9. The van der Waals surface area contributed by atoms with E-state index in [0.29, 0.717) is 11.3 Å². The summed E-state index contributed by atoms with van der Waals surface area (Å²) in [5.41, 5.74) is -1.86. The Bertz CT molecular complexity index is 908. The van der Waals surface area contributed by atoms with E-state index in [2.05, 4.69) is 5.32 Å². The molecule has 0 radical (unpaired) electrons. The average Bonchev–Trinajstić information content (AvgIpc) is 2.66. The molecule has 0 saturated carbocycles. The van der Waals surface area contributed by atoms with Gasteiger partial charge in [0.25, 0.3) is 0 Å². The SMILES string of the molecule is CC(C)(C)OC(=O)NC(C)(CC(O)CCO)c1ccc(Oc2ccc(C(F)(F)F)cc2)cc1. The van der Waals surface area contributed by atoms with Crippen molar-refractivity contribution in [2.45, 2.75) is 64.0 Å². The van der Waals surface area contributed by atoms with Crippen molar-refractivity contribution < 1.29 is 37.7 Å². The van der Waals surface area contributed by atoms with E-state index in [9.17, 15) is 23.1 Å². The van der Waals surface area contributed by atoms with Crippen molar-refractivity contribution in [2.24, 2.45) is 0 Å². The second-order valence-corrected chi connectivity index (χ2v) is 8.98.